The number of nitrogens with two attached hydrogens (primary N) is 2. The first-order valence-electron chi connectivity index (χ1n) is 8.62. The van der Waals surface area contributed by atoms with Gasteiger partial charge in [-0.2, -0.15) is 0 Å². The van der Waals surface area contributed by atoms with Crippen LogP contribution >= 0.6 is 11.3 Å². The number of carboxylic acids is 1. The van der Waals surface area contributed by atoms with Gasteiger partial charge in [-0.05, 0) is 42.7 Å². The van der Waals surface area contributed by atoms with Gasteiger partial charge in [0.05, 0.1) is 15.9 Å². The van der Waals surface area contributed by atoms with Crippen molar-refractivity contribution in [3.63, 3.8) is 0 Å². The lowest BCUT2D eigenvalue weighted by atomic mass is 9.66. The van der Waals surface area contributed by atoms with Crippen LogP contribution in [0.25, 0.3) is 0 Å². The van der Waals surface area contributed by atoms with Crippen molar-refractivity contribution in [3.8, 4) is 0 Å². The van der Waals surface area contributed by atoms with Crippen LogP contribution in [-0.4, -0.2) is 29.6 Å². The first-order chi connectivity index (χ1) is 13.0. The standard InChI is InChI=1S/C20H21N3O3S/c21-10-4-11-23-12-9-20(13-5-2-1-3-6-13)8-7-14-15(19(25)26)18(22)27-16(14)17(20)24/h1-6,10-11H,7-9,12,21-22H2,(H,25,26)/b10-4-,23-11?. The third-order valence-corrected chi connectivity index (χ3v) is 6.05. The lowest BCUT2D eigenvalue weighted by Crippen LogP contribution is -2.40. The molecule has 1 atom stereocenters. The number of aliphatic imine (C=N–C) groups is 1. The zero-order valence-electron chi connectivity index (χ0n) is 14.7. The second kappa shape index (κ2) is 7.75. The Morgan fingerprint density at radius 3 is 2.74 bits per heavy atom. The number of benzene rings is 1. The molecule has 1 aromatic heterocycles. The first-order valence-corrected chi connectivity index (χ1v) is 9.44. The normalized spacial score (nSPS) is 19.6. The van der Waals surface area contributed by atoms with Crippen molar-refractivity contribution in [1.82, 2.24) is 0 Å². The van der Waals surface area contributed by atoms with Crippen molar-refractivity contribution in [2.24, 2.45) is 10.7 Å². The molecule has 140 valence electrons. The van der Waals surface area contributed by atoms with Crippen molar-refractivity contribution >= 4 is 34.3 Å². The highest BCUT2D eigenvalue weighted by molar-refractivity contribution is 7.18. The summed E-state index contributed by atoms with van der Waals surface area (Å²) in [6.45, 7) is 0.465. The molecule has 1 aromatic carbocycles. The molecule has 0 amide bonds. The molecule has 1 unspecified atom stereocenters. The maximum absolute atomic E-state index is 13.5. The van der Waals surface area contributed by atoms with Gasteiger partial charge in [0.15, 0.2) is 5.78 Å². The van der Waals surface area contributed by atoms with Crippen LogP contribution in [0.2, 0.25) is 0 Å². The van der Waals surface area contributed by atoms with Gasteiger partial charge in [0.1, 0.15) is 5.00 Å². The Morgan fingerprint density at radius 1 is 1.33 bits per heavy atom. The Morgan fingerprint density at radius 2 is 2.07 bits per heavy atom. The summed E-state index contributed by atoms with van der Waals surface area (Å²) < 4.78 is 0. The van der Waals surface area contributed by atoms with Crippen molar-refractivity contribution in [2.75, 3.05) is 12.3 Å². The molecular weight excluding hydrogens is 362 g/mol. The van der Waals surface area contributed by atoms with Gasteiger partial charge in [0.2, 0.25) is 0 Å². The Balaban J connectivity index is 2.03. The molecule has 27 heavy (non-hydrogen) atoms. The molecular formula is C20H21N3O3S. The number of thiophene rings is 1. The SMILES string of the molecule is N/C=C\C=NCCC1(c2ccccc2)CCc2c(sc(N)c2C(=O)O)C1=O. The van der Waals surface area contributed by atoms with Gasteiger partial charge in [-0.25, -0.2) is 4.79 Å². The predicted octanol–water partition coefficient (Wildman–Crippen LogP) is 3.03. The van der Waals surface area contributed by atoms with Crippen LogP contribution in [0.5, 0.6) is 0 Å². The number of carbonyl (C=O) groups excluding carboxylic acids is 1. The molecule has 3 rings (SSSR count). The Labute approximate surface area is 161 Å². The van der Waals surface area contributed by atoms with Gasteiger partial charge in [0, 0.05) is 12.8 Å². The highest BCUT2D eigenvalue weighted by Gasteiger charge is 2.46. The largest absolute Gasteiger partial charge is 0.478 e. The van der Waals surface area contributed by atoms with Crippen LogP contribution in [0.1, 0.15) is 44.0 Å². The van der Waals surface area contributed by atoms with Crippen molar-refractivity contribution in [2.45, 2.75) is 24.7 Å². The van der Waals surface area contributed by atoms with Crippen LogP contribution < -0.4 is 11.5 Å². The van der Waals surface area contributed by atoms with E-state index in [4.69, 9.17) is 11.5 Å². The number of hydrogen-bond acceptors (Lipinski definition) is 6. The molecule has 5 N–H and O–H groups in total. The molecule has 1 heterocycles. The number of aromatic carboxylic acids is 1. The third kappa shape index (κ3) is 3.38. The van der Waals surface area contributed by atoms with Crippen LogP contribution in [0.3, 0.4) is 0 Å². The van der Waals surface area contributed by atoms with Crippen molar-refractivity contribution < 1.29 is 14.7 Å². The number of carbonyl (C=O) groups is 2. The number of nitrogens with zero attached hydrogens (tertiary/aromatic N) is 1. The number of carboxylic acid groups (broad SMARTS) is 1. The number of rotatable bonds is 6. The smallest absolute Gasteiger partial charge is 0.338 e. The fourth-order valence-electron chi connectivity index (χ4n) is 3.67. The van der Waals surface area contributed by atoms with Crippen molar-refractivity contribution in [1.29, 1.82) is 0 Å². The van der Waals surface area contributed by atoms with Gasteiger partial charge in [0.25, 0.3) is 0 Å². The zero-order valence-corrected chi connectivity index (χ0v) is 15.5. The quantitative estimate of drug-likeness (QED) is 0.663. The maximum Gasteiger partial charge on any atom is 0.338 e. The lowest BCUT2D eigenvalue weighted by molar-refractivity contribution is 0.0697. The summed E-state index contributed by atoms with van der Waals surface area (Å²) in [5, 5.41) is 9.64. The average molecular weight is 383 g/mol. The number of ketones is 1. The highest BCUT2D eigenvalue weighted by Crippen LogP contribution is 2.46. The Bertz CT molecular complexity index is 918. The monoisotopic (exact) mass is 383 g/mol. The lowest BCUT2D eigenvalue weighted by Gasteiger charge is -2.36. The van der Waals surface area contributed by atoms with Crippen LogP contribution in [0.4, 0.5) is 5.00 Å². The molecule has 0 bridgehead atoms. The number of fused-ring (bicyclic) bond motifs is 1. The van der Waals surface area contributed by atoms with Gasteiger partial charge in [-0.15, -0.1) is 11.3 Å². The molecule has 7 heteroatoms. The molecule has 0 aliphatic heterocycles. The van der Waals surface area contributed by atoms with Gasteiger partial charge in [-0.1, -0.05) is 30.3 Å². The molecule has 2 aromatic rings. The zero-order chi connectivity index (χ0) is 19.4. The van der Waals surface area contributed by atoms with Crippen LogP contribution in [0.15, 0.2) is 47.6 Å². The molecule has 0 fully saturated rings. The molecule has 1 aliphatic carbocycles. The molecule has 0 saturated carbocycles. The molecule has 0 radical (unpaired) electrons. The Kier molecular flexibility index (Phi) is 5.41. The fourth-order valence-corrected chi connectivity index (χ4v) is 4.81. The fraction of sp³-hybridized carbons (Fsp3) is 0.250. The Hall–Kier alpha value is -2.93. The van der Waals surface area contributed by atoms with Gasteiger partial charge in [-0.3, -0.25) is 9.79 Å². The van der Waals surface area contributed by atoms with Gasteiger partial charge >= 0.3 is 5.97 Å². The second-order valence-corrected chi connectivity index (χ2v) is 7.47. The van der Waals surface area contributed by atoms with E-state index in [-0.39, 0.29) is 16.3 Å². The van der Waals surface area contributed by atoms with E-state index >= 15 is 0 Å². The predicted molar refractivity (Wildman–Crippen MR) is 108 cm³/mol. The summed E-state index contributed by atoms with van der Waals surface area (Å²) in [5.41, 5.74) is 12.1. The van der Waals surface area contributed by atoms with Gasteiger partial charge < -0.3 is 16.6 Å². The highest BCUT2D eigenvalue weighted by atomic mass is 32.1. The van der Waals surface area contributed by atoms with E-state index in [0.29, 0.717) is 36.2 Å². The van der Waals surface area contributed by atoms with Crippen molar-refractivity contribution in [3.05, 3.63) is 64.2 Å². The van der Waals surface area contributed by atoms with Crippen LogP contribution in [0, 0.1) is 0 Å². The van der Waals surface area contributed by atoms with E-state index in [1.807, 2.05) is 30.3 Å². The second-order valence-electron chi connectivity index (χ2n) is 6.42. The van der Waals surface area contributed by atoms with E-state index in [9.17, 15) is 14.7 Å². The number of Topliss-reactive ketones (excluding diaryl/α,β-unsaturated/α-hetero) is 1. The van der Waals surface area contributed by atoms with E-state index < -0.39 is 11.4 Å². The van der Waals surface area contributed by atoms with E-state index in [1.165, 1.54) is 6.20 Å². The minimum Gasteiger partial charge on any atom is -0.478 e. The number of hydrogen-bond donors (Lipinski definition) is 3. The minimum absolute atomic E-state index is 0.0660. The number of allylic oxidation sites excluding steroid dienone is 1. The summed E-state index contributed by atoms with van der Waals surface area (Å²) in [4.78, 5) is 29.8. The molecule has 0 saturated heterocycles. The van der Waals surface area contributed by atoms with E-state index in [0.717, 1.165) is 16.9 Å². The van der Waals surface area contributed by atoms with E-state index in [2.05, 4.69) is 4.99 Å². The molecule has 0 spiro atoms. The molecule has 1 aliphatic rings. The maximum atomic E-state index is 13.5. The summed E-state index contributed by atoms with van der Waals surface area (Å²) in [5.74, 6) is -1.15. The summed E-state index contributed by atoms with van der Waals surface area (Å²) in [6.07, 6.45) is 6.21. The number of nitrogen functional groups attached to an aromatic ring is 1. The van der Waals surface area contributed by atoms with Crippen LogP contribution in [-0.2, 0) is 11.8 Å². The third-order valence-electron chi connectivity index (χ3n) is 4.99. The first kappa shape index (κ1) is 18.8. The summed E-state index contributed by atoms with van der Waals surface area (Å²) >= 11 is 1.08. The van der Waals surface area contributed by atoms with E-state index in [1.54, 1.807) is 12.3 Å². The minimum atomic E-state index is -1.08. The number of anilines is 1. The summed E-state index contributed by atoms with van der Waals surface area (Å²) in [7, 11) is 0. The molecule has 6 nitrogen and oxygen atoms in total. The average Bonchev–Trinajstić information content (AvgIpc) is 3.01. The topological polar surface area (TPSA) is 119 Å². The summed E-state index contributed by atoms with van der Waals surface area (Å²) in [6, 6.07) is 9.62.